The minimum absolute atomic E-state index is 0.150. The number of nitrogens with zero attached hydrogens (tertiary/aromatic N) is 4. The second-order valence-corrected chi connectivity index (χ2v) is 8.05. The maximum Gasteiger partial charge on any atom is 0.276 e. The number of benzene rings is 1. The molecule has 0 aliphatic heterocycles. The van der Waals surface area contributed by atoms with Crippen molar-refractivity contribution in [2.45, 2.75) is 25.3 Å². The Morgan fingerprint density at radius 1 is 1.23 bits per heavy atom. The van der Waals surface area contributed by atoms with Crippen LogP contribution >= 0.6 is 31.9 Å². The molecule has 1 aliphatic rings. The normalized spacial score (nSPS) is 13.8. The van der Waals surface area contributed by atoms with E-state index >= 15 is 0 Å². The summed E-state index contributed by atoms with van der Waals surface area (Å²) in [7, 11) is 1.74. The molecule has 2 heterocycles. The van der Waals surface area contributed by atoms with Crippen molar-refractivity contribution in [3.63, 3.8) is 0 Å². The quantitative estimate of drug-likeness (QED) is 0.539. The zero-order valence-corrected chi connectivity index (χ0v) is 17.2. The Bertz CT molecular complexity index is 945. The van der Waals surface area contributed by atoms with E-state index in [0.29, 0.717) is 28.6 Å². The van der Waals surface area contributed by atoms with E-state index in [4.69, 9.17) is 4.42 Å². The first-order valence-corrected chi connectivity index (χ1v) is 9.82. The highest BCUT2D eigenvalue weighted by Gasteiger charge is 2.35. The minimum atomic E-state index is -0.150. The summed E-state index contributed by atoms with van der Waals surface area (Å²) in [4.78, 5) is 14.6. The van der Waals surface area contributed by atoms with Crippen LogP contribution in [0.15, 0.2) is 50.0 Å². The standard InChI is InChI=1S/C18H16Br2N4O2/c1-23(10-14-8-9-15(20)26-14)18(25)16-17(11-2-3-11)24(22-21-16)13-6-4-12(19)5-7-13/h4-9,11H,2-3,10H2,1H3. The van der Waals surface area contributed by atoms with Gasteiger partial charge < -0.3 is 9.32 Å². The predicted molar refractivity (Wildman–Crippen MR) is 103 cm³/mol. The van der Waals surface area contributed by atoms with Crippen LogP contribution in [0.2, 0.25) is 0 Å². The lowest BCUT2D eigenvalue weighted by Gasteiger charge is -2.15. The van der Waals surface area contributed by atoms with Crippen LogP contribution in [0, 0.1) is 0 Å². The number of rotatable bonds is 5. The Hall–Kier alpha value is -1.93. The molecule has 1 fully saturated rings. The first-order valence-electron chi connectivity index (χ1n) is 8.24. The zero-order chi connectivity index (χ0) is 18.3. The Morgan fingerprint density at radius 3 is 2.58 bits per heavy atom. The molecular weight excluding hydrogens is 464 g/mol. The summed E-state index contributed by atoms with van der Waals surface area (Å²) in [6.07, 6.45) is 2.11. The average Bonchev–Trinajstić information content (AvgIpc) is 3.24. The maximum atomic E-state index is 13.0. The van der Waals surface area contributed by atoms with Crippen molar-refractivity contribution in [3.8, 4) is 5.69 Å². The number of hydrogen-bond acceptors (Lipinski definition) is 4. The molecule has 0 atom stereocenters. The van der Waals surface area contributed by atoms with Crippen LogP contribution in [0.1, 0.15) is 40.7 Å². The lowest BCUT2D eigenvalue weighted by Crippen LogP contribution is -2.27. The van der Waals surface area contributed by atoms with E-state index in [1.165, 1.54) is 0 Å². The van der Waals surface area contributed by atoms with Gasteiger partial charge in [0.15, 0.2) is 10.4 Å². The van der Waals surface area contributed by atoms with Gasteiger partial charge in [-0.25, -0.2) is 4.68 Å². The lowest BCUT2D eigenvalue weighted by molar-refractivity contribution is 0.0768. The monoisotopic (exact) mass is 478 g/mol. The van der Waals surface area contributed by atoms with E-state index < -0.39 is 0 Å². The molecule has 0 spiro atoms. The fourth-order valence-corrected chi connectivity index (χ4v) is 3.47. The van der Waals surface area contributed by atoms with Crippen LogP contribution in [-0.4, -0.2) is 32.8 Å². The number of carbonyl (C=O) groups is 1. The highest BCUT2D eigenvalue weighted by molar-refractivity contribution is 9.10. The van der Waals surface area contributed by atoms with Gasteiger partial charge in [-0.05, 0) is 65.2 Å². The third kappa shape index (κ3) is 3.48. The second-order valence-electron chi connectivity index (χ2n) is 6.35. The summed E-state index contributed by atoms with van der Waals surface area (Å²) in [5.41, 5.74) is 2.22. The second kappa shape index (κ2) is 7.00. The maximum absolute atomic E-state index is 13.0. The Balaban J connectivity index is 1.63. The Morgan fingerprint density at radius 2 is 1.96 bits per heavy atom. The smallest absolute Gasteiger partial charge is 0.276 e. The van der Waals surface area contributed by atoms with E-state index in [0.717, 1.165) is 28.7 Å². The van der Waals surface area contributed by atoms with Crippen LogP contribution in [0.3, 0.4) is 0 Å². The molecule has 1 aliphatic carbocycles. The molecule has 2 aromatic heterocycles. The molecule has 1 saturated carbocycles. The fourth-order valence-electron chi connectivity index (χ4n) is 2.86. The topological polar surface area (TPSA) is 64.2 Å². The van der Waals surface area contributed by atoms with Gasteiger partial charge in [-0.3, -0.25) is 4.79 Å². The molecule has 26 heavy (non-hydrogen) atoms. The van der Waals surface area contributed by atoms with Crippen LogP contribution in [-0.2, 0) is 6.54 Å². The molecule has 6 nitrogen and oxygen atoms in total. The minimum Gasteiger partial charge on any atom is -0.452 e. The van der Waals surface area contributed by atoms with E-state index in [1.807, 2.05) is 36.4 Å². The van der Waals surface area contributed by atoms with Crippen molar-refractivity contribution in [2.75, 3.05) is 7.05 Å². The molecule has 0 radical (unpaired) electrons. The molecule has 0 saturated heterocycles. The molecule has 4 rings (SSSR count). The van der Waals surface area contributed by atoms with E-state index in [1.54, 1.807) is 16.6 Å². The third-order valence-electron chi connectivity index (χ3n) is 4.31. The molecule has 0 bridgehead atoms. The first-order chi connectivity index (χ1) is 12.5. The summed E-state index contributed by atoms with van der Waals surface area (Å²) in [5, 5.41) is 8.48. The van der Waals surface area contributed by atoms with Crippen LogP contribution in [0.5, 0.6) is 0 Å². The van der Waals surface area contributed by atoms with Gasteiger partial charge in [0.2, 0.25) is 0 Å². The van der Waals surface area contributed by atoms with E-state index in [-0.39, 0.29) is 5.91 Å². The van der Waals surface area contributed by atoms with Crippen LogP contribution < -0.4 is 0 Å². The predicted octanol–water partition coefficient (Wildman–Crippen LogP) is 4.53. The van der Waals surface area contributed by atoms with Crippen LogP contribution in [0.4, 0.5) is 0 Å². The largest absolute Gasteiger partial charge is 0.452 e. The van der Waals surface area contributed by atoms with Crippen molar-refractivity contribution in [1.29, 1.82) is 0 Å². The molecule has 8 heteroatoms. The van der Waals surface area contributed by atoms with Gasteiger partial charge >= 0.3 is 0 Å². The van der Waals surface area contributed by atoms with Crippen molar-refractivity contribution >= 4 is 37.8 Å². The van der Waals surface area contributed by atoms with Gasteiger partial charge in [-0.2, -0.15) is 0 Å². The number of amides is 1. The summed E-state index contributed by atoms with van der Waals surface area (Å²) < 4.78 is 8.92. The third-order valence-corrected chi connectivity index (χ3v) is 5.27. The van der Waals surface area contributed by atoms with Gasteiger partial charge in [-0.1, -0.05) is 21.1 Å². The number of halogens is 2. The summed E-state index contributed by atoms with van der Waals surface area (Å²) in [5.74, 6) is 0.891. The highest BCUT2D eigenvalue weighted by Crippen LogP contribution is 2.42. The summed E-state index contributed by atoms with van der Waals surface area (Å²) in [6.45, 7) is 0.375. The van der Waals surface area contributed by atoms with E-state index in [9.17, 15) is 4.79 Å². The van der Waals surface area contributed by atoms with Gasteiger partial charge in [-0.15, -0.1) is 5.10 Å². The molecule has 134 valence electrons. The fraction of sp³-hybridized carbons (Fsp3) is 0.278. The highest BCUT2D eigenvalue weighted by atomic mass is 79.9. The van der Waals surface area contributed by atoms with Crippen molar-refractivity contribution in [3.05, 3.63) is 62.7 Å². The lowest BCUT2D eigenvalue weighted by atomic mass is 10.2. The number of aromatic nitrogens is 3. The Labute approximate surface area is 167 Å². The van der Waals surface area contributed by atoms with Gasteiger partial charge in [0.25, 0.3) is 5.91 Å². The van der Waals surface area contributed by atoms with E-state index in [2.05, 4.69) is 42.2 Å². The molecule has 0 N–H and O–H groups in total. The molecule has 1 aromatic carbocycles. The van der Waals surface area contributed by atoms with Gasteiger partial charge in [0, 0.05) is 17.4 Å². The molecule has 0 unspecified atom stereocenters. The zero-order valence-electron chi connectivity index (χ0n) is 14.0. The van der Waals surface area contributed by atoms with Crippen LogP contribution in [0.25, 0.3) is 5.69 Å². The SMILES string of the molecule is CN(Cc1ccc(Br)o1)C(=O)c1nnn(-c2ccc(Br)cc2)c1C1CC1. The first kappa shape index (κ1) is 17.5. The van der Waals surface area contributed by atoms with Crippen molar-refractivity contribution in [1.82, 2.24) is 19.9 Å². The van der Waals surface area contributed by atoms with Gasteiger partial charge in [0.05, 0.1) is 17.9 Å². The van der Waals surface area contributed by atoms with Crippen molar-refractivity contribution < 1.29 is 9.21 Å². The molecular formula is C18H16Br2N4O2. The number of furan rings is 1. The average molecular weight is 480 g/mol. The summed E-state index contributed by atoms with van der Waals surface area (Å²) in [6, 6.07) is 11.5. The molecule has 1 amide bonds. The molecule has 3 aromatic rings. The summed E-state index contributed by atoms with van der Waals surface area (Å²) >= 11 is 6.72. The van der Waals surface area contributed by atoms with Gasteiger partial charge in [0.1, 0.15) is 5.76 Å². The number of carbonyl (C=O) groups excluding carboxylic acids is 1. The number of hydrogen-bond donors (Lipinski definition) is 0. The Kier molecular flexibility index (Phi) is 4.71. The van der Waals surface area contributed by atoms with Crippen molar-refractivity contribution in [2.24, 2.45) is 0 Å².